The number of nitrogens with one attached hydrogen (secondary N) is 2. The maximum Gasteiger partial charge on any atom is 0.234 e. The summed E-state index contributed by atoms with van der Waals surface area (Å²) < 4.78 is 5.55. The number of rotatable bonds is 6. The summed E-state index contributed by atoms with van der Waals surface area (Å²) in [4.78, 5) is 14.2. The topological polar surface area (TPSA) is 53.6 Å². The third kappa shape index (κ3) is 3.95. The molecule has 114 valence electrons. The molecule has 2 saturated heterocycles. The lowest BCUT2D eigenvalue weighted by atomic mass is 10.0. The molecule has 0 bridgehead atoms. The zero-order chi connectivity index (χ0) is 14.5. The zero-order valence-corrected chi connectivity index (χ0v) is 12.3. The van der Waals surface area contributed by atoms with Crippen LogP contribution >= 0.6 is 0 Å². The normalized spacial score (nSPS) is 24.8. The van der Waals surface area contributed by atoms with Crippen molar-refractivity contribution in [1.82, 2.24) is 15.5 Å². The predicted molar refractivity (Wildman–Crippen MR) is 81.2 cm³/mol. The Hall–Kier alpha value is -1.59. The van der Waals surface area contributed by atoms with E-state index in [1.54, 1.807) is 0 Å². The fraction of sp³-hybridized carbons (Fsp3) is 0.562. The summed E-state index contributed by atoms with van der Waals surface area (Å²) >= 11 is 0. The lowest BCUT2D eigenvalue weighted by molar-refractivity contribution is -0.122. The van der Waals surface area contributed by atoms with E-state index in [9.17, 15) is 4.79 Å². The van der Waals surface area contributed by atoms with E-state index >= 15 is 0 Å². The molecule has 2 atom stereocenters. The number of para-hydroxylation sites is 1. The van der Waals surface area contributed by atoms with Crippen LogP contribution in [0.3, 0.4) is 0 Å². The molecule has 2 heterocycles. The van der Waals surface area contributed by atoms with E-state index in [0.29, 0.717) is 19.7 Å². The molecule has 5 heteroatoms. The van der Waals surface area contributed by atoms with E-state index in [-0.39, 0.29) is 5.91 Å². The van der Waals surface area contributed by atoms with Gasteiger partial charge in [0.25, 0.3) is 0 Å². The fourth-order valence-corrected chi connectivity index (χ4v) is 3.22. The highest BCUT2D eigenvalue weighted by Gasteiger charge is 2.36. The standard InChI is InChI=1S/C16H23N3O2/c20-16(12-19-10-13-8-17-9-14(13)11-19)18-6-7-21-15-4-2-1-3-5-15/h1-5,13-14,17H,6-12H2,(H,18,20)/t13-,14+. The van der Waals surface area contributed by atoms with E-state index in [1.807, 2.05) is 30.3 Å². The van der Waals surface area contributed by atoms with E-state index in [4.69, 9.17) is 4.74 Å². The Labute approximate surface area is 125 Å². The van der Waals surface area contributed by atoms with Crippen molar-refractivity contribution in [3.05, 3.63) is 30.3 Å². The van der Waals surface area contributed by atoms with Crippen LogP contribution in [-0.2, 0) is 4.79 Å². The smallest absolute Gasteiger partial charge is 0.234 e. The maximum atomic E-state index is 11.9. The molecular formula is C16H23N3O2. The van der Waals surface area contributed by atoms with E-state index in [0.717, 1.165) is 43.8 Å². The minimum atomic E-state index is 0.0968. The van der Waals surface area contributed by atoms with Gasteiger partial charge in [0, 0.05) is 13.1 Å². The van der Waals surface area contributed by atoms with Gasteiger partial charge in [-0.2, -0.15) is 0 Å². The molecule has 2 aliphatic heterocycles. The number of carbonyl (C=O) groups is 1. The quantitative estimate of drug-likeness (QED) is 0.741. The molecule has 1 amide bonds. The first kappa shape index (κ1) is 14.4. The number of fused-ring (bicyclic) bond motifs is 1. The van der Waals surface area contributed by atoms with Crippen molar-refractivity contribution in [2.24, 2.45) is 11.8 Å². The van der Waals surface area contributed by atoms with Gasteiger partial charge in [-0.15, -0.1) is 0 Å². The van der Waals surface area contributed by atoms with Gasteiger partial charge in [0.15, 0.2) is 0 Å². The number of ether oxygens (including phenoxy) is 1. The van der Waals surface area contributed by atoms with Crippen LogP contribution in [0.2, 0.25) is 0 Å². The molecule has 1 aromatic carbocycles. The fourth-order valence-electron chi connectivity index (χ4n) is 3.22. The van der Waals surface area contributed by atoms with Gasteiger partial charge in [0.1, 0.15) is 12.4 Å². The summed E-state index contributed by atoms with van der Waals surface area (Å²) in [5, 5.41) is 6.34. The Kier molecular flexibility index (Phi) is 4.72. The zero-order valence-electron chi connectivity index (χ0n) is 12.3. The van der Waals surface area contributed by atoms with Gasteiger partial charge in [0.05, 0.1) is 13.1 Å². The second-order valence-electron chi connectivity index (χ2n) is 5.88. The molecule has 0 aromatic heterocycles. The van der Waals surface area contributed by atoms with Gasteiger partial charge in [0.2, 0.25) is 5.91 Å². The third-order valence-corrected chi connectivity index (χ3v) is 4.27. The number of carbonyl (C=O) groups excluding carboxylic acids is 1. The summed E-state index contributed by atoms with van der Waals surface area (Å²) in [6.07, 6.45) is 0. The van der Waals surface area contributed by atoms with E-state index < -0.39 is 0 Å². The van der Waals surface area contributed by atoms with Gasteiger partial charge >= 0.3 is 0 Å². The highest BCUT2D eigenvalue weighted by atomic mass is 16.5. The number of nitrogens with zero attached hydrogens (tertiary/aromatic N) is 1. The van der Waals surface area contributed by atoms with Crippen molar-refractivity contribution < 1.29 is 9.53 Å². The first-order chi connectivity index (χ1) is 10.3. The SMILES string of the molecule is O=C(CN1C[C@H]2CNC[C@H]2C1)NCCOc1ccccc1. The number of hydrogen-bond donors (Lipinski definition) is 2. The van der Waals surface area contributed by atoms with Crippen LogP contribution in [-0.4, -0.2) is 56.7 Å². The molecule has 0 unspecified atom stereocenters. The van der Waals surface area contributed by atoms with Crippen LogP contribution in [0.4, 0.5) is 0 Å². The van der Waals surface area contributed by atoms with Crippen LogP contribution in [0.1, 0.15) is 0 Å². The first-order valence-corrected chi connectivity index (χ1v) is 7.69. The Morgan fingerprint density at radius 1 is 1.24 bits per heavy atom. The predicted octanol–water partition coefficient (Wildman–Crippen LogP) is 0.333. The van der Waals surface area contributed by atoms with E-state index in [1.165, 1.54) is 0 Å². The van der Waals surface area contributed by atoms with Crippen LogP contribution in [0, 0.1) is 11.8 Å². The van der Waals surface area contributed by atoms with Crippen LogP contribution in [0.25, 0.3) is 0 Å². The average molecular weight is 289 g/mol. The number of benzene rings is 1. The van der Waals surface area contributed by atoms with Crippen LogP contribution in [0.5, 0.6) is 5.75 Å². The molecule has 3 rings (SSSR count). The largest absolute Gasteiger partial charge is 0.492 e. The van der Waals surface area contributed by atoms with E-state index in [2.05, 4.69) is 15.5 Å². The summed E-state index contributed by atoms with van der Waals surface area (Å²) in [5.74, 6) is 2.41. The Morgan fingerprint density at radius 2 is 1.95 bits per heavy atom. The molecular weight excluding hydrogens is 266 g/mol. The monoisotopic (exact) mass is 289 g/mol. The van der Waals surface area contributed by atoms with Crippen molar-refractivity contribution in [1.29, 1.82) is 0 Å². The highest BCUT2D eigenvalue weighted by molar-refractivity contribution is 5.78. The van der Waals surface area contributed by atoms with Crippen LogP contribution < -0.4 is 15.4 Å². The van der Waals surface area contributed by atoms with Crippen molar-refractivity contribution in [3.8, 4) is 5.75 Å². The average Bonchev–Trinajstić information content (AvgIpc) is 3.06. The lowest BCUT2D eigenvalue weighted by Crippen LogP contribution is -2.38. The van der Waals surface area contributed by atoms with Crippen molar-refractivity contribution in [3.63, 3.8) is 0 Å². The molecule has 21 heavy (non-hydrogen) atoms. The number of amides is 1. The Balaban J connectivity index is 1.30. The van der Waals surface area contributed by atoms with Gasteiger partial charge in [-0.3, -0.25) is 9.69 Å². The summed E-state index contributed by atoms with van der Waals surface area (Å²) in [7, 11) is 0. The summed E-state index contributed by atoms with van der Waals surface area (Å²) in [6.45, 7) is 5.87. The Morgan fingerprint density at radius 3 is 2.67 bits per heavy atom. The molecule has 2 aliphatic rings. The van der Waals surface area contributed by atoms with Crippen molar-refractivity contribution >= 4 is 5.91 Å². The van der Waals surface area contributed by atoms with Crippen molar-refractivity contribution in [2.75, 3.05) is 45.9 Å². The lowest BCUT2D eigenvalue weighted by Gasteiger charge is -2.16. The van der Waals surface area contributed by atoms with Crippen LogP contribution in [0.15, 0.2) is 30.3 Å². The molecule has 5 nitrogen and oxygen atoms in total. The molecule has 2 N–H and O–H groups in total. The first-order valence-electron chi connectivity index (χ1n) is 7.69. The minimum absolute atomic E-state index is 0.0968. The molecule has 0 saturated carbocycles. The summed E-state index contributed by atoms with van der Waals surface area (Å²) in [6, 6.07) is 9.66. The molecule has 0 radical (unpaired) electrons. The van der Waals surface area contributed by atoms with Gasteiger partial charge < -0.3 is 15.4 Å². The van der Waals surface area contributed by atoms with Gasteiger partial charge in [-0.25, -0.2) is 0 Å². The number of likely N-dealkylation sites (tertiary alicyclic amines) is 1. The highest BCUT2D eigenvalue weighted by Crippen LogP contribution is 2.25. The number of hydrogen-bond acceptors (Lipinski definition) is 4. The van der Waals surface area contributed by atoms with Gasteiger partial charge in [-0.05, 0) is 37.1 Å². The summed E-state index contributed by atoms with van der Waals surface area (Å²) in [5.41, 5.74) is 0. The van der Waals surface area contributed by atoms with Gasteiger partial charge in [-0.1, -0.05) is 18.2 Å². The minimum Gasteiger partial charge on any atom is -0.492 e. The second kappa shape index (κ2) is 6.91. The maximum absolute atomic E-state index is 11.9. The Bertz CT molecular complexity index is 454. The molecule has 1 aromatic rings. The van der Waals surface area contributed by atoms with Crippen molar-refractivity contribution in [2.45, 2.75) is 0 Å². The molecule has 0 aliphatic carbocycles. The molecule has 0 spiro atoms. The second-order valence-corrected chi connectivity index (χ2v) is 5.88. The third-order valence-electron chi connectivity index (χ3n) is 4.27. The molecule has 2 fully saturated rings.